The third kappa shape index (κ3) is 1.53. The number of hydrogen-bond donors (Lipinski definition) is 2. The van der Waals surface area contributed by atoms with Crippen molar-refractivity contribution >= 4 is 16.8 Å². The van der Waals surface area contributed by atoms with Crippen LogP contribution < -0.4 is 0 Å². The normalized spacial score (nSPS) is 43.8. The second-order valence-electron chi connectivity index (χ2n) is 6.61. The molecule has 4 nitrogen and oxygen atoms in total. The minimum Gasteiger partial charge on any atom is -0.481 e. The molecule has 1 aromatic rings. The summed E-state index contributed by atoms with van der Waals surface area (Å²) in [7, 11) is -0.972. The fraction of sp³-hybridized carbons (Fsp3) is 0.562. The van der Waals surface area contributed by atoms with E-state index in [0.29, 0.717) is 12.2 Å². The van der Waals surface area contributed by atoms with Crippen molar-refractivity contribution in [3.05, 3.63) is 35.9 Å². The third-order valence-electron chi connectivity index (χ3n) is 5.90. The van der Waals surface area contributed by atoms with Crippen molar-refractivity contribution in [3.8, 4) is 0 Å². The first kappa shape index (κ1) is 13.5. The zero-order chi connectivity index (χ0) is 14.8. The van der Waals surface area contributed by atoms with Crippen molar-refractivity contribution < 1.29 is 19.2 Å². The van der Waals surface area contributed by atoms with E-state index >= 15 is 0 Å². The summed E-state index contributed by atoms with van der Waals surface area (Å²) in [5.74, 6) is -0.160. The number of carbonyl (C=O) groups is 1. The van der Waals surface area contributed by atoms with E-state index in [2.05, 4.69) is 0 Å². The Bertz CT molecular complexity index is 630. The summed E-state index contributed by atoms with van der Waals surface area (Å²) >= 11 is 0. The first-order valence-corrected chi connectivity index (χ1v) is 8.73. The Morgan fingerprint density at radius 2 is 2.05 bits per heavy atom. The average molecular weight is 306 g/mol. The third-order valence-corrected chi connectivity index (χ3v) is 7.78. The molecule has 3 unspecified atom stereocenters. The lowest BCUT2D eigenvalue weighted by Gasteiger charge is -2.28. The standard InChI is InChI=1S/C16H18O4S/c17-11-6-7-15-13(16(11,15)8-12(18)19)14(15)21(20)9-10-4-2-1-3-5-10/h1-5,11,13-14,17H,6-9H2,(H,18,19)/t11-,13?,14?,15+,16-,21?/m1/s1. The molecule has 0 bridgehead atoms. The van der Waals surface area contributed by atoms with Crippen LogP contribution in [-0.4, -0.2) is 31.7 Å². The number of aliphatic carboxylic acids is 1. The fourth-order valence-electron chi connectivity index (χ4n) is 5.07. The highest BCUT2D eigenvalue weighted by molar-refractivity contribution is 7.85. The lowest BCUT2D eigenvalue weighted by molar-refractivity contribution is -0.140. The van der Waals surface area contributed by atoms with Crippen molar-refractivity contribution in [2.24, 2.45) is 16.7 Å². The molecule has 6 atom stereocenters. The van der Waals surface area contributed by atoms with Crippen molar-refractivity contribution in [2.45, 2.75) is 36.4 Å². The molecule has 112 valence electrons. The van der Waals surface area contributed by atoms with Crippen molar-refractivity contribution in [2.75, 3.05) is 0 Å². The van der Waals surface area contributed by atoms with Gasteiger partial charge >= 0.3 is 5.97 Å². The molecule has 3 saturated carbocycles. The molecule has 2 N–H and O–H groups in total. The predicted molar refractivity (Wildman–Crippen MR) is 77.9 cm³/mol. The second kappa shape index (κ2) is 4.17. The number of rotatable bonds is 5. The van der Waals surface area contributed by atoms with Crippen LogP contribution in [0.15, 0.2) is 30.3 Å². The van der Waals surface area contributed by atoms with Crippen molar-refractivity contribution in [1.29, 1.82) is 0 Å². The molecule has 0 amide bonds. The van der Waals surface area contributed by atoms with Gasteiger partial charge < -0.3 is 10.2 Å². The maximum absolute atomic E-state index is 12.6. The fourth-order valence-corrected chi connectivity index (χ4v) is 7.43. The average Bonchev–Trinajstić information content (AvgIpc) is 3.25. The smallest absolute Gasteiger partial charge is 0.304 e. The molecule has 3 fully saturated rings. The van der Waals surface area contributed by atoms with Crippen LogP contribution in [0.3, 0.4) is 0 Å². The molecule has 0 saturated heterocycles. The van der Waals surface area contributed by atoms with Gasteiger partial charge in [-0.05, 0) is 29.7 Å². The van der Waals surface area contributed by atoms with Gasteiger partial charge in [-0.1, -0.05) is 30.3 Å². The van der Waals surface area contributed by atoms with Crippen LogP contribution in [0.1, 0.15) is 24.8 Å². The molecule has 1 aromatic carbocycles. The molecule has 3 aliphatic rings. The molecule has 1 spiro atoms. The van der Waals surface area contributed by atoms with Gasteiger partial charge in [0.1, 0.15) is 0 Å². The number of benzene rings is 1. The Balaban J connectivity index is 1.50. The molecule has 0 heterocycles. The van der Waals surface area contributed by atoms with E-state index < -0.39 is 28.3 Å². The van der Waals surface area contributed by atoms with Gasteiger partial charge in [-0.3, -0.25) is 9.00 Å². The van der Waals surface area contributed by atoms with Crippen LogP contribution in [0.4, 0.5) is 0 Å². The quantitative estimate of drug-likeness (QED) is 0.865. The van der Waals surface area contributed by atoms with Crippen molar-refractivity contribution in [1.82, 2.24) is 0 Å². The SMILES string of the molecule is O=C(O)C[C@@]12C3C(S(=O)Cc4ccccc4)[C@]31CC[C@H]2O. The molecule has 0 aromatic heterocycles. The largest absolute Gasteiger partial charge is 0.481 e. The molecule has 4 rings (SSSR count). The minimum absolute atomic E-state index is 0.0257. The van der Waals surface area contributed by atoms with E-state index in [0.717, 1.165) is 12.0 Å². The molecule has 21 heavy (non-hydrogen) atoms. The Hall–Kier alpha value is -1.20. The van der Waals surface area contributed by atoms with Crippen molar-refractivity contribution in [3.63, 3.8) is 0 Å². The molecule has 0 radical (unpaired) electrons. The van der Waals surface area contributed by atoms with Crippen LogP contribution in [0.2, 0.25) is 0 Å². The zero-order valence-electron chi connectivity index (χ0n) is 11.6. The van der Waals surface area contributed by atoms with E-state index in [1.807, 2.05) is 30.3 Å². The molecular formula is C16H18O4S. The Kier molecular flexibility index (Phi) is 2.67. The van der Waals surface area contributed by atoms with Crippen LogP contribution in [0.25, 0.3) is 0 Å². The summed E-state index contributed by atoms with van der Waals surface area (Å²) in [4.78, 5) is 11.1. The summed E-state index contributed by atoms with van der Waals surface area (Å²) in [6, 6.07) is 9.75. The lowest BCUT2D eigenvalue weighted by Crippen LogP contribution is -2.36. The number of carboxylic acid groups (broad SMARTS) is 1. The van der Waals surface area contributed by atoms with Gasteiger partial charge in [-0.25, -0.2) is 0 Å². The topological polar surface area (TPSA) is 74.6 Å². The van der Waals surface area contributed by atoms with Crippen LogP contribution in [0, 0.1) is 16.7 Å². The molecular weight excluding hydrogens is 288 g/mol. The Morgan fingerprint density at radius 3 is 2.67 bits per heavy atom. The van der Waals surface area contributed by atoms with Gasteiger partial charge in [0.2, 0.25) is 0 Å². The highest BCUT2D eigenvalue weighted by Crippen LogP contribution is 2.95. The number of carboxylic acids is 1. The first-order chi connectivity index (χ1) is 10.0. The highest BCUT2D eigenvalue weighted by atomic mass is 32.2. The zero-order valence-corrected chi connectivity index (χ0v) is 12.4. The summed E-state index contributed by atoms with van der Waals surface area (Å²) in [5, 5.41) is 19.3. The van der Waals surface area contributed by atoms with E-state index in [-0.39, 0.29) is 23.0 Å². The van der Waals surface area contributed by atoms with E-state index in [1.165, 1.54) is 0 Å². The van der Waals surface area contributed by atoms with E-state index in [9.17, 15) is 14.1 Å². The maximum atomic E-state index is 12.6. The van der Waals surface area contributed by atoms with E-state index in [1.54, 1.807) is 0 Å². The monoisotopic (exact) mass is 306 g/mol. The van der Waals surface area contributed by atoms with Gasteiger partial charge in [0.15, 0.2) is 0 Å². The van der Waals surface area contributed by atoms with Gasteiger partial charge in [-0.2, -0.15) is 0 Å². The van der Waals surface area contributed by atoms with E-state index in [4.69, 9.17) is 5.11 Å². The molecule has 0 aliphatic heterocycles. The van der Waals surface area contributed by atoms with Gasteiger partial charge in [-0.15, -0.1) is 0 Å². The highest BCUT2D eigenvalue weighted by Gasteiger charge is 2.99. The summed E-state index contributed by atoms with van der Waals surface area (Å²) in [6.45, 7) is 0. The summed E-state index contributed by atoms with van der Waals surface area (Å²) in [6.07, 6.45) is 0.987. The van der Waals surface area contributed by atoms with Crippen LogP contribution in [-0.2, 0) is 21.3 Å². The van der Waals surface area contributed by atoms with Crippen LogP contribution in [0.5, 0.6) is 0 Å². The first-order valence-electron chi connectivity index (χ1n) is 7.35. The van der Waals surface area contributed by atoms with Gasteiger partial charge in [0.05, 0.1) is 12.5 Å². The Labute approximate surface area is 125 Å². The number of aliphatic hydroxyl groups is 1. The summed E-state index contributed by atoms with van der Waals surface area (Å²) in [5.41, 5.74) is 0.459. The molecule has 5 heteroatoms. The van der Waals surface area contributed by atoms with Crippen LogP contribution >= 0.6 is 0 Å². The minimum atomic E-state index is -0.972. The molecule has 3 aliphatic carbocycles. The predicted octanol–water partition coefficient (Wildman–Crippen LogP) is 1.55. The van der Waals surface area contributed by atoms with Gasteiger partial charge in [0, 0.05) is 27.2 Å². The number of fused-ring (bicyclic) bond motifs is 1. The second-order valence-corrected chi connectivity index (χ2v) is 8.17. The maximum Gasteiger partial charge on any atom is 0.304 e. The number of hydrogen-bond acceptors (Lipinski definition) is 3. The van der Waals surface area contributed by atoms with Gasteiger partial charge in [0.25, 0.3) is 0 Å². The number of aliphatic hydroxyl groups excluding tert-OH is 1. The summed E-state index contributed by atoms with van der Waals surface area (Å²) < 4.78 is 12.6. The lowest BCUT2D eigenvalue weighted by atomic mass is 9.84. The Morgan fingerprint density at radius 1 is 1.33 bits per heavy atom.